The molecule has 0 unspecified atom stereocenters. The number of halogens is 1. The maximum Gasteiger partial charge on any atom is 0.257 e. The van der Waals surface area contributed by atoms with E-state index in [1.165, 1.54) is 5.56 Å². The second-order valence-electron chi connectivity index (χ2n) is 6.74. The van der Waals surface area contributed by atoms with Gasteiger partial charge in [-0.1, -0.05) is 46.3 Å². The van der Waals surface area contributed by atoms with E-state index in [9.17, 15) is 4.79 Å². The molecular weight excluding hydrogens is 394 g/mol. The van der Waals surface area contributed by atoms with Gasteiger partial charge in [-0.15, -0.1) is 0 Å². The second-order valence-corrected chi connectivity index (χ2v) is 7.59. The first-order chi connectivity index (χ1) is 12.6. The van der Waals surface area contributed by atoms with Gasteiger partial charge in [-0.2, -0.15) is 0 Å². The summed E-state index contributed by atoms with van der Waals surface area (Å²) < 4.78 is 12.2. The summed E-state index contributed by atoms with van der Waals surface area (Å²) in [7, 11) is 0. The quantitative estimate of drug-likeness (QED) is 0.772. The Kier molecular flexibility index (Phi) is 6.33. The Morgan fingerprint density at radius 1 is 1.19 bits per heavy atom. The Bertz CT molecular complexity index is 742. The Hall–Kier alpha value is -1.85. The smallest absolute Gasteiger partial charge is 0.257 e. The summed E-state index contributed by atoms with van der Waals surface area (Å²) in [6.45, 7) is 4.05. The van der Waals surface area contributed by atoms with E-state index in [0.29, 0.717) is 12.3 Å². The largest absolute Gasteiger partial charge is 0.484 e. The molecule has 1 aliphatic heterocycles. The number of carbonyl (C=O) groups excluding carboxylic acids is 1. The fourth-order valence-electron chi connectivity index (χ4n) is 3.30. The third-order valence-electron chi connectivity index (χ3n) is 4.96. The summed E-state index contributed by atoms with van der Waals surface area (Å²) in [6, 6.07) is 16.1. The van der Waals surface area contributed by atoms with Gasteiger partial charge in [0.25, 0.3) is 5.91 Å². The summed E-state index contributed by atoms with van der Waals surface area (Å²) in [5.41, 5.74) is 2.27. The zero-order valence-corrected chi connectivity index (χ0v) is 16.6. The molecule has 0 aromatic heterocycles. The van der Waals surface area contributed by atoms with Crippen molar-refractivity contribution in [2.75, 3.05) is 26.4 Å². The lowest BCUT2D eigenvalue weighted by molar-refractivity contribution is -0.123. The van der Waals surface area contributed by atoms with Crippen LogP contribution in [0, 0.1) is 6.92 Å². The van der Waals surface area contributed by atoms with Crippen LogP contribution in [0.25, 0.3) is 0 Å². The first kappa shape index (κ1) is 18.9. The summed E-state index contributed by atoms with van der Waals surface area (Å²) in [6.07, 6.45) is 1.81. The highest BCUT2D eigenvalue weighted by molar-refractivity contribution is 9.10. The van der Waals surface area contributed by atoms with Gasteiger partial charge in [0.15, 0.2) is 6.61 Å². The summed E-state index contributed by atoms with van der Waals surface area (Å²) in [5, 5.41) is 3.06. The number of hydrogen-bond donors (Lipinski definition) is 1. The molecule has 4 nitrogen and oxygen atoms in total. The highest BCUT2D eigenvalue weighted by Crippen LogP contribution is 2.34. The molecule has 5 heteroatoms. The molecule has 0 spiro atoms. The van der Waals surface area contributed by atoms with E-state index in [0.717, 1.165) is 36.1 Å². The number of benzene rings is 2. The Morgan fingerprint density at radius 2 is 1.92 bits per heavy atom. The number of hydrogen-bond acceptors (Lipinski definition) is 3. The van der Waals surface area contributed by atoms with E-state index in [4.69, 9.17) is 9.47 Å². The molecule has 2 aromatic carbocycles. The third-order valence-corrected chi connectivity index (χ3v) is 5.85. The number of aryl methyl sites for hydroxylation is 1. The summed E-state index contributed by atoms with van der Waals surface area (Å²) in [5.74, 6) is 0.594. The van der Waals surface area contributed by atoms with E-state index in [2.05, 4.69) is 33.4 Å². The van der Waals surface area contributed by atoms with E-state index < -0.39 is 0 Å². The minimum absolute atomic E-state index is 0.0163. The number of ether oxygens (including phenoxy) is 2. The van der Waals surface area contributed by atoms with Crippen molar-refractivity contribution < 1.29 is 14.3 Å². The molecule has 0 bridgehead atoms. The number of rotatable bonds is 6. The van der Waals surface area contributed by atoms with Crippen LogP contribution in [0.15, 0.2) is 53.0 Å². The number of nitrogens with one attached hydrogen (secondary N) is 1. The van der Waals surface area contributed by atoms with Crippen LogP contribution in [0.5, 0.6) is 5.75 Å². The molecule has 0 radical (unpaired) electrons. The lowest BCUT2D eigenvalue weighted by Gasteiger charge is -2.38. The Morgan fingerprint density at radius 3 is 2.62 bits per heavy atom. The standard InChI is InChI=1S/C21H24BrNO3/c1-16-13-18(7-8-19(16)22)26-14-20(24)23-15-21(9-11-25-12-10-21)17-5-3-2-4-6-17/h2-8,13H,9-12,14-15H2,1H3,(H,23,24). The minimum atomic E-state index is -0.104. The molecule has 0 aliphatic carbocycles. The lowest BCUT2D eigenvalue weighted by Crippen LogP contribution is -2.45. The van der Waals surface area contributed by atoms with Crippen molar-refractivity contribution >= 4 is 21.8 Å². The molecule has 1 aliphatic rings. The summed E-state index contributed by atoms with van der Waals surface area (Å²) >= 11 is 3.46. The van der Waals surface area contributed by atoms with Gasteiger partial charge in [0.2, 0.25) is 0 Å². The topological polar surface area (TPSA) is 47.6 Å². The van der Waals surface area contributed by atoms with Gasteiger partial charge in [0, 0.05) is 29.6 Å². The lowest BCUT2D eigenvalue weighted by atomic mass is 9.74. The second kappa shape index (κ2) is 8.69. The first-order valence-electron chi connectivity index (χ1n) is 8.88. The van der Waals surface area contributed by atoms with Gasteiger partial charge >= 0.3 is 0 Å². The van der Waals surface area contributed by atoms with Crippen molar-refractivity contribution in [2.24, 2.45) is 0 Å². The molecule has 1 amide bonds. The van der Waals surface area contributed by atoms with Crippen LogP contribution in [-0.2, 0) is 14.9 Å². The van der Waals surface area contributed by atoms with Crippen LogP contribution < -0.4 is 10.1 Å². The van der Waals surface area contributed by atoms with Crippen molar-refractivity contribution in [3.05, 3.63) is 64.1 Å². The van der Waals surface area contributed by atoms with Crippen molar-refractivity contribution in [2.45, 2.75) is 25.2 Å². The highest BCUT2D eigenvalue weighted by atomic mass is 79.9. The average molecular weight is 418 g/mol. The van der Waals surface area contributed by atoms with Crippen LogP contribution in [0.3, 0.4) is 0 Å². The van der Waals surface area contributed by atoms with Crippen molar-refractivity contribution in [3.63, 3.8) is 0 Å². The molecule has 0 atom stereocenters. The van der Waals surface area contributed by atoms with Crippen LogP contribution in [0.2, 0.25) is 0 Å². The number of carbonyl (C=O) groups is 1. The van der Waals surface area contributed by atoms with Gasteiger partial charge in [-0.25, -0.2) is 0 Å². The summed E-state index contributed by atoms with van der Waals surface area (Å²) in [4.78, 5) is 12.3. The van der Waals surface area contributed by atoms with E-state index in [1.54, 1.807) is 0 Å². The average Bonchev–Trinajstić information content (AvgIpc) is 2.69. The molecule has 138 valence electrons. The van der Waals surface area contributed by atoms with Crippen LogP contribution in [0.4, 0.5) is 0 Å². The van der Waals surface area contributed by atoms with Crippen molar-refractivity contribution in [1.29, 1.82) is 0 Å². The Balaban J connectivity index is 1.58. The van der Waals surface area contributed by atoms with Crippen molar-refractivity contribution in [3.8, 4) is 5.75 Å². The number of amides is 1. The zero-order chi connectivity index (χ0) is 18.4. The fourth-order valence-corrected chi connectivity index (χ4v) is 3.54. The molecule has 1 N–H and O–H groups in total. The van der Waals surface area contributed by atoms with Gasteiger partial charge in [-0.05, 0) is 49.1 Å². The molecule has 1 saturated heterocycles. The Labute approximate surface area is 163 Å². The van der Waals surface area contributed by atoms with E-state index >= 15 is 0 Å². The maximum absolute atomic E-state index is 12.3. The fraction of sp³-hybridized carbons (Fsp3) is 0.381. The van der Waals surface area contributed by atoms with Crippen LogP contribution in [-0.4, -0.2) is 32.3 Å². The molecule has 1 fully saturated rings. The van der Waals surface area contributed by atoms with Crippen molar-refractivity contribution in [1.82, 2.24) is 5.32 Å². The van der Waals surface area contributed by atoms with Gasteiger partial charge in [-0.3, -0.25) is 4.79 Å². The predicted octanol–water partition coefficient (Wildman–Crippen LogP) is 4.00. The van der Waals surface area contributed by atoms with Gasteiger partial charge < -0.3 is 14.8 Å². The SMILES string of the molecule is Cc1cc(OCC(=O)NCC2(c3ccccc3)CCOCC2)ccc1Br. The third kappa shape index (κ3) is 4.65. The van der Waals surface area contributed by atoms with Crippen LogP contribution in [0.1, 0.15) is 24.0 Å². The molecular formula is C21H24BrNO3. The van der Waals surface area contributed by atoms with Gasteiger partial charge in [0.05, 0.1) is 0 Å². The maximum atomic E-state index is 12.3. The van der Waals surface area contributed by atoms with Crippen LogP contribution >= 0.6 is 15.9 Å². The highest BCUT2D eigenvalue weighted by Gasteiger charge is 2.34. The molecule has 26 heavy (non-hydrogen) atoms. The molecule has 2 aromatic rings. The molecule has 3 rings (SSSR count). The minimum Gasteiger partial charge on any atom is -0.484 e. The van der Waals surface area contributed by atoms with Gasteiger partial charge in [0.1, 0.15) is 5.75 Å². The van der Waals surface area contributed by atoms with E-state index in [1.807, 2.05) is 43.3 Å². The monoisotopic (exact) mass is 417 g/mol. The molecule has 0 saturated carbocycles. The molecule has 1 heterocycles. The normalized spacial score (nSPS) is 16.1. The zero-order valence-electron chi connectivity index (χ0n) is 15.0. The first-order valence-corrected chi connectivity index (χ1v) is 9.67. The predicted molar refractivity (Wildman–Crippen MR) is 106 cm³/mol. The van der Waals surface area contributed by atoms with E-state index in [-0.39, 0.29) is 17.9 Å².